The third-order valence-electron chi connectivity index (χ3n) is 2.44. The molecule has 1 N–H and O–H groups in total. The fourth-order valence-corrected chi connectivity index (χ4v) is 2.36. The molecule has 15 heavy (non-hydrogen) atoms. The van der Waals surface area contributed by atoms with Crippen molar-refractivity contribution in [1.29, 1.82) is 0 Å². The van der Waals surface area contributed by atoms with Gasteiger partial charge in [-0.2, -0.15) is 5.10 Å². The first-order chi connectivity index (χ1) is 7.16. The molecule has 0 aromatic carbocycles. The zero-order chi connectivity index (χ0) is 10.8. The van der Waals surface area contributed by atoms with Gasteiger partial charge in [-0.25, -0.2) is 0 Å². The lowest BCUT2D eigenvalue weighted by Gasteiger charge is -2.03. The number of rotatable bonds is 3. The summed E-state index contributed by atoms with van der Waals surface area (Å²) in [7, 11) is 1.95. The van der Waals surface area contributed by atoms with Crippen molar-refractivity contribution in [1.82, 2.24) is 9.78 Å². The minimum Gasteiger partial charge on any atom is -0.380 e. The Balaban J connectivity index is 2.05. The molecule has 2 aromatic rings. The quantitative estimate of drug-likeness (QED) is 0.863. The summed E-state index contributed by atoms with van der Waals surface area (Å²) < 4.78 is 1.85. The molecule has 0 unspecified atom stereocenters. The van der Waals surface area contributed by atoms with E-state index in [1.165, 1.54) is 16.8 Å². The van der Waals surface area contributed by atoms with Crippen molar-refractivity contribution in [3.8, 4) is 0 Å². The van der Waals surface area contributed by atoms with Gasteiger partial charge in [0.25, 0.3) is 0 Å². The van der Waals surface area contributed by atoms with E-state index >= 15 is 0 Å². The molecule has 80 valence electrons. The van der Waals surface area contributed by atoms with Gasteiger partial charge in [-0.1, -0.05) is 0 Å². The van der Waals surface area contributed by atoms with Crippen LogP contribution in [0.2, 0.25) is 0 Å². The number of thiophene rings is 1. The van der Waals surface area contributed by atoms with Gasteiger partial charge in [-0.05, 0) is 24.8 Å². The van der Waals surface area contributed by atoms with E-state index < -0.39 is 0 Å². The van der Waals surface area contributed by atoms with Gasteiger partial charge in [0, 0.05) is 36.4 Å². The molecular formula is C11H15N3S. The summed E-state index contributed by atoms with van der Waals surface area (Å²) in [5, 5.41) is 12.0. The van der Waals surface area contributed by atoms with Gasteiger partial charge >= 0.3 is 0 Å². The first-order valence-corrected chi connectivity index (χ1v) is 5.87. The van der Waals surface area contributed by atoms with E-state index in [0.29, 0.717) is 0 Å². The third kappa shape index (κ3) is 2.21. The molecule has 0 aliphatic rings. The zero-order valence-electron chi connectivity index (χ0n) is 9.24. The molecule has 0 aliphatic carbocycles. The summed E-state index contributed by atoms with van der Waals surface area (Å²) in [5.41, 5.74) is 4.88. The van der Waals surface area contributed by atoms with Crippen LogP contribution in [0.3, 0.4) is 0 Å². The van der Waals surface area contributed by atoms with Crippen molar-refractivity contribution in [2.24, 2.45) is 7.05 Å². The van der Waals surface area contributed by atoms with Crippen LogP contribution in [0.1, 0.15) is 16.8 Å². The second kappa shape index (κ2) is 4.06. The van der Waals surface area contributed by atoms with Gasteiger partial charge in [-0.3, -0.25) is 4.68 Å². The van der Waals surface area contributed by atoms with Crippen LogP contribution in [0.15, 0.2) is 17.0 Å². The molecule has 0 radical (unpaired) electrons. The van der Waals surface area contributed by atoms with E-state index in [1.807, 2.05) is 18.7 Å². The topological polar surface area (TPSA) is 29.9 Å². The first-order valence-electron chi connectivity index (χ1n) is 4.92. The maximum Gasteiger partial charge on any atom is 0.0643 e. The third-order valence-corrected chi connectivity index (χ3v) is 3.30. The molecule has 4 heteroatoms. The van der Waals surface area contributed by atoms with Crippen LogP contribution in [0, 0.1) is 13.8 Å². The van der Waals surface area contributed by atoms with E-state index in [4.69, 9.17) is 0 Å². The standard InChI is InChI=1S/C11H15N3S/c1-8-6-15-7-11(8)12-4-10-5-14(3)13-9(10)2/h5-7,12H,4H2,1-3H3. The summed E-state index contributed by atoms with van der Waals surface area (Å²) in [4.78, 5) is 0. The molecule has 2 rings (SSSR count). The number of anilines is 1. The number of aryl methyl sites for hydroxylation is 3. The van der Waals surface area contributed by atoms with Crippen LogP contribution in [0.5, 0.6) is 0 Å². The van der Waals surface area contributed by atoms with Crippen LogP contribution in [0.4, 0.5) is 5.69 Å². The lowest BCUT2D eigenvalue weighted by molar-refractivity contribution is 0.756. The number of nitrogens with zero attached hydrogens (tertiary/aromatic N) is 2. The molecule has 0 fully saturated rings. The van der Waals surface area contributed by atoms with Gasteiger partial charge in [0.2, 0.25) is 0 Å². The highest BCUT2D eigenvalue weighted by Crippen LogP contribution is 2.20. The lowest BCUT2D eigenvalue weighted by Crippen LogP contribution is -1.99. The van der Waals surface area contributed by atoms with E-state index in [-0.39, 0.29) is 0 Å². The normalized spacial score (nSPS) is 10.6. The monoisotopic (exact) mass is 221 g/mol. The smallest absolute Gasteiger partial charge is 0.0643 e. The molecule has 0 spiro atoms. The number of hydrogen-bond acceptors (Lipinski definition) is 3. The van der Waals surface area contributed by atoms with Crippen molar-refractivity contribution in [3.63, 3.8) is 0 Å². The second-order valence-electron chi connectivity index (χ2n) is 3.74. The second-order valence-corrected chi connectivity index (χ2v) is 4.48. The molecule has 0 atom stereocenters. The molecule has 0 saturated heterocycles. The summed E-state index contributed by atoms with van der Waals surface area (Å²) >= 11 is 1.73. The molecule has 0 aliphatic heterocycles. The summed E-state index contributed by atoms with van der Waals surface area (Å²) in [6, 6.07) is 0. The summed E-state index contributed by atoms with van der Waals surface area (Å²) in [5.74, 6) is 0. The lowest BCUT2D eigenvalue weighted by atomic mass is 10.2. The Hall–Kier alpha value is -1.29. The zero-order valence-corrected chi connectivity index (χ0v) is 10.1. The Kier molecular flexibility index (Phi) is 2.77. The number of nitrogens with one attached hydrogen (secondary N) is 1. The van der Waals surface area contributed by atoms with Gasteiger partial charge in [0.15, 0.2) is 0 Å². The SMILES string of the molecule is Cc1cscc1NCc1cn(C)nc1C. The van der Waals surface area contributed by atoms with Crippen molar-refractivity contribution in [2.75, 3.05) is 5.32 Å². The van der Waals surface area contributed by atoms with Crippen molar-refractivity contribution < 1.29 is 0 Å². The van der Waals surface area contributed by atoms with Gasteiger partial charge in [0.05, 0.1) is 5.69 Å². The molecule has 2 aromatic heterocycles. The summed E-state index contributed by atoms with van der Waals surface area (Å²) in [6.07, 6.45) is 2.06. The van der Waals surface area contributed by atoms with Crippen LogP contribution in [-0.4, -0.2) is 9.78 Å². The van der Waals surface area contributed by atoms with Crippen LogP contribution in [0.25, 0.3) is 0 Å². The van der Waals surface area contributed by atoms with E-state index in [0.717, 1.165) is 12.2 Å². The van der Waals surface area contributed by atoms with Crippen molar-refractivity contribution in [3.05, 3.63) is 33.8 Å². The highest BCUT2D eigenvalue weighted by molar-refractivity contribution is 7.08. The molecule has 2 heterocycles. The van der Waals surface area contributed by atoms with Crippen molar-refractivity contribution >= 4 is 17.0 Å². The first kappa shape index (κ1) is 10.2. The van der Waals surface area contributed by atoms with Crippen LogP contribution in [-0.2, 0) is 13.6 Å². The van der Waals surface area contributed by atoms with Gasteiger partial charge < -0.3 is 5.32 Å². The highest BCUT2D eigenvalue weighted by Gasteiger charge is 2.03. The van der Waals surface area contributed by atoms with Crippen molar-refractivity contribution in [2.45, 2.75) is 20.4 Å². The molecule has 0 bridgehead atoms. The van der Waals surface area contributed by atoms with Gasteiger partial charge in [0.1, 0.15) is 0 Å². The Morgan fingerprint density at radius 3 is 2.73 bits per heavy atom. The number of aromatic nitrogens is 2. The predicted molar refractivity (Wildman–Crippen MR) is 64.3 cm³/mol. The van der Waals surface area contributed by atoms with E-state index in [1.54, 1.807) is 11.3 Å². The highest BCUT2D eigenvalue weighted by atomic mass is 32.1. The number of hydrogen-bond donors (Lipinski definition) is 1. The molecular weight excluding hydrogens is 206 g/mol. The Morgan fingerprint density at radius 1 is 1.40 bits per heavy atom. The van der Waals surface area contributed by atoms with Crippen LogP contribution < -0.4 is 5.32 Å². The maximum absolute atomic E-state index is 4.31. The molecule has 0 saturated carbocycles. The van der Waals surface area contributed by atoms with E-state index in [9.17, 15) is 0 Å². The largest absolute Gasteiger partial charge is 0.380 e. The average Bonchev–Trinajstić information content (AvgIpc) is 2.70. The molecule has 3 nitrogen and oxygen atoms in total. The average molecular weight is 221 g/mol. The molecule has 0 amide bonds. The minimum absolute atomic E-state index is 0.844. The Bertz CT molecular complexity index is 456. The van der Waals surface area contributed by atoms with Gasteiger partial charge in [-0.15, -0.1) is 11.3 Å². The minimum atomic E-state index is 0.844. The van der Waals surface area contributed by atoms with E-state index in [2.05, 4.69) is 34.3 Å². The Morgan fingerprint density at radius 2 is 2.20 bits per heavy atom. The summed E-state index contributed by atoms with van der Waals surface area (Å²) in [6.45, 7) is 5.00. The fourth-order valence-electron chi connectivity index (χ4n) is 1.55. The Labute approximate surface area is 93.7 Å². The maximum atomic E-state index is 4.31. The fraction of sp³-hybridized carbons (Fsp3) is 0.364. The van der Waals surface area contributed by atoms with Crippen LogP contribution >= 0.6 is 11.3 Å². The predicted octanol–water partition coefficient (Wildman–Crippen LogP) is 2.71.